The van der Waals surface area contributed by atoms with Crippen molar-refractivity contribution >= 4 is 34.8 Å². The van der Waals surface area contributed by atoms with Gasteiger partial charge in [0.2, 0.25) is 0 Å². The minimum atomic E-state index is -0.328. The summed E-state index contributed by atoms with van der Waals surface area (Å²) in [7, 11) is 0. The van der Waals surface area contributed by atoms with Crippen LogP contribution >= 0.6 is 23.2 Å². The van der Waals surface area contributed by atoms with Crippen molar-refractivity contribution in [3.05, 3.63) is 51.8 Å². The van der Waals surface area contributed by atoms with Crippen molar-refractivity contribution in [2.45, 2.75) is 6.92 Å². The van der Waals surface area contributed by atoms with Gasteiger partial charge in [0.1, 0.15) is 0 Å². The van der Waals surface area contributed by atoms with Gasteiger partial charge < -0.3 is 10.4 Å². The van der Waals surface area contributed by atoms with E-state index in [1.54, 1.807) is 12.1 Å². The van der Waals surface area contributed by atoms with Crippen molar-refractivity contribution in [3.63, 3.8) is 0 Å². The van der Waals surface area contributed by atoms with Gasteiger partial charge in [-0.2, -0.15) is 0 Å². The predicted octanol–water partition coefficient (Wildman–Crippen LogP) is 3.65. The Bertz CT molecular complexity index is 604. The second-order valence-electron chi connectivity index (χ2n) is 3.93. The summed E-state index contributed by atoms with van der Waals surface area (Å²) in [5.74, 6) is -0.538. The fraction of sp³-hybridized carbons (Fsp3) is 0.0769. The lowest BCUT2D eigenvalue weighted by Gasteiger charge is -2.07. The maximum absolute atomic E-state index is 11.9. The van der Waals surface area contributed by atoms with Crippen molar-refractivity contribution in [3.8, 4) is 5.75 Å². The first kappa shape index (κ1) is 13.6. The van der Waals surface area contributed by atoms with Gasteiger partial charge in [-0.25, -0.2) is 0 Å². The first-order valence-electron chi connectivity index (χ1n) is 5.39. The van der Waals surface area contributed by atoms with Crippen LogP contribution in [0.3, 0.4) is 0 Å². The number of nitrogens with zero attached hydrogens (tertiary/aromatic N) is 1. The number of carbonyl (C=O) groups excluding carboxylic acids is 1. The highest BCUT2D eigenvalue weighted by Crippen LogP contribution is 2.34. The van der Waals surface area contributed by atoms with Gasteiger partial charge in [0.05, 0.1) is 15.6 Å². The minimum Gasteiger partial charge on any atom is -0.505 e. The van der Waals surface area contributed by atoms with E-state index in [-0.39, 0.29) is 21.7 Å². The highest BCUT2D eigenvalue weighted by molar-refractivity contribution is 6.37. The molecule has 19 heavy (non-hydrogen) atoms. The number of phenols is 1. The third-order valence-electron chi connectivity index (χ3n) is 2.45. The van der Waals surface area contributed by atoms with Gasteiger partial charge in [-0.05, 0) is 31.2 Å². The van der Waals surface area contributed by atoms with Crippen molar-refractivity contribution in [1.29, 1.82) is 0 Å². The molecule has 1 aromatic heterocycles. The molecule has 1 aromatic carbocycles. The van der Waals surface area contributed by atoms with Crippen LogP contribution in [-0.2, 0) is 0 Å². The van der Waals surface area contributed by atoms with Crippen molar-refractivity contribution in [2.75, 3.05) is 5.32 Å². The maximum atomic E-state index is 11.9. The molecule has 0 unspecified atom stereocenters. The lowest BCUT2D eigenvalue weighted by atomic mass is 10.2. The van der Waals surface area contributed by atoms with E-state index in [2.05, 4.69) is 10.3 Å². The fourth-order valence-electron chi connectivity index (χ4n) is 1.44. The predicted molar refractivity (Wildman–Crippen MR) is 75.1 cm³/mol. The van der Waals surface area contributed by atoms with E-state index in [0.717, 1.165) is 5.69 Å². The minimum absolute atomic E-state index is 0.0739. The van der Waals surface area contributed by atoms with Gasteiger partial charge in [0.25, 0.3) is 5.91 Å². The number of amides is 1. The SMILES string of the molecule is Cc1ccc(C(=O)Nc2cc(Cl)c(O)c(Cl)c2)cn1. The maximum Gasteiger partial charge on any atom is 0.257 e. The molecule has 0 saturated carbocycles. The molecule has 0 radical (unpaired) electrons. The van der Waals surface area contributed by atoms with Gasteiger partial charge in [-0.3, -0.25) is 9.78 Å². The Hall–Kier alpha value is -1.78. The number of carbonyl (C=O) groups is 1. The van der Waals surface area contributed by atoms with Crippen LogP contribution in [0.1, 0.15) is 16.1 Å². The summed E-state index contributed by atoms with van der Waals surface area (Å²) in [6, 6.07) is 6.25. The van der Waals surface area contributed by atoms with Crippen LogP contribution in [0, 0.1) is 6.92 Å². The number of benzene rings is 1. The highest BCUT2D eigenvalue weighted by Gasteiger charge is 2.10. The van der Waals surface area contributed by atoms with Crippen molar-refractivity contribution < 1.29 is 9.90 Å². The Labute approximate surface area is 120 Å². The summed E-state index contributed by atoms with van der Waals surface area (Å²) in [4.78, 5) is 16.0. The largest absolute Gasteiger partial charge is 0.505 e. The number of hydrogen-bond donors (Lipinski definition) is 2. The molecule has 4 nitrogen and oxygen atoms in total. The number of phenolic OH excluding ortho intramolecular Hbond substituents is 1. The van der Waals surface area contributed by atoms with Gasteiger partial charge in [0, 0.05) is 17.6 Å². The third-order valence-corrected chi connectivity index (χ3v) is 3.02. The molecule has 6 heteroatoms. The molecule has 0 fully saturated rings. The van der Waals surface area contributed by atoms with Crippen molar-refractivity contribution in [1.82, 2.24) is 4.98 Å². The number of aryl methyl sites for hydroxylation is 1. The quantitative estimate of drug-likeness (QED) is 0.832. The van der Waals surface area contributed by atoms with Crippen LogP contribution in [0.2, 0.25) is 10.0 Å². The zero-order valence-corrected chi connectivity index (χ0v) is 11.5. The lowest BCUT2D eigenvalue weighted by Crippen LogP contribution is -2.12. The Balaban J connectivity index is 2.22. The topological polar surface area (TPSA) is 62.2 Å². The molecule has 0 aliphatic heterocycles. The number of pyridine rings is 1. The molecule has 0 aliphatic carbocycles. The Morgan fingerprint density at radius 3 is 2.42 bits per heavy atom. The first-order valence-corrected chi connectivity index (χ1v) is 6.15. The number of rotatable bonds is 2. The molecule has 1 amide bonds. The van der Waals surface area contributed by atoms with E-state index < -0.39 is 0 Å². The molecular formula is C13H10Cl2N2O2. The number of halogens is 2. The Morgan fingerprint density at radius 1 is 1.26 bits per heavy atom. The molecule has 0 spiro atoms. The first-order chi connectivity index (χ1) is 8.97. The van der Waals surface area contributed by atoms with Gasteiger partial charge >= 0.3 is 0 Å². The van der Waals surface area contributed by atoms with E-state index >= 15 is 0 Å². The summed E-state index contributed by atoms with van der Waals surface area (Å²) in [5, 5.41) is 12.2. The number of anilines is 1. The normalized spacial score (nSPS) is 10.3. The average Bonchev–Trinajstić information content (AvgIpc) is 2.36. The average molecular weight is 297 g/mol. The van der Waals surface area contributed by atoms with Gasteiger partial charge in [0.15, 0.2) is 5.75 Å². The highest BCUT2D eigenvalue weighted by atomic mass is 35.5. The molecule has 2 rings (SSSR count). The van der Waals surface area contributed by atoms with Crippen molar-refractivity contribution in [2.24, 2.45) is 0 Å². The molecule has 0 saturated heterocycles. The summed E-state index contributed by atoms with van der Waals surface area (Å²) in [5.41, 5.74) is 1.65. The summed E-state index contributed by atoms with van der Waals surface area (Å²) < 4.78 is 0. The van der Waals surface area contributed by atoms with E-state index in [9.17, 15) is 9.90 Å². The molecule has 0 bridgehead atoms. The smallest absolute Gasteiger partial charge is 0.257 e. The van der Waals surface area contributed by atoms with Crippen LogP contribution in [0.4, 0.5) is 5.69 Å². The lowest BCUT2D eigenvalue weighted by molar-refractivity contribution is 0.102. The number of hydrogen-bond acceptors (Lipinski definition) is 3. The van der Waals surface area contributed by atoms with E-state index in [4.69, 9.17) is 23.2 Å². The van der Waals surface area contributed by atoms with E-state index in [1.165, 1.54) is 18.3 Å². The second-order valence-corrected chi connectivity index (χ2v) is 4.75. The summed E-state index contributed by atoms with van der Waals surface area (Å²) >= 11 is 11.5. The second kappa shape index (κ2) is 5.47. The molecular weight excluding hydrogens is 287 g/mol. The van der Waals surface area contributed by atoms with Crippen LogP contribution in [-0.4, -0.2) is 16.0 Å². The van der Waals surface area contributed by atoms with Gasteiger partial charge in [-0.15, -0.1) is 0 Å². The molecule has 0 atom stereocenters. The van der Waals surface area contributed by atoms with Crippen LogP contribution in [0.15, 0.2) is 30.5 Å². The summed E-state index contributed by atoms with van der Waals surface area (Å²) in [6.45, 7) is 1.83. The number of aromatic nitrogens is 1. The molecule has 0 aliphatic rings. The van der Waals surface area contributed by atoms with E-state index in [1.807, 2.05) is 6.92 Å². The standard InChI is InChI=1S/C13H10Cl2N2O2/c1-7-2-3-8(6-16-7)13(19)17-9-4-10(14)12(18)11(15)5-9/h2-6,18H,1H3,(H,17,19). The Morgan fingerprint density at radius 2 is 1.89 bits per heavy atom. The van der Waals surface area contributed by atoms with E-state index in [0.29, 0.717) is 11.3 Å². The zero-order valence-electron chi connectivity index (χ0n) is 9.95. The molecule has 98 valence electrons. The van der Waals surface area contributed by atoms with Gasteiger partial charge in [-0.1, -0.05) is 23.2 Å². The number of nitrogens with one attached hydrogen (secondary N) is 1. The van der Waals surface area contributed by atoms with Crippen LogP contribution < -0.4 is 5.32 Å². The fourth-order valence-corrected chi connectivity index (χ4v) is 1.93. The zero-order chi connectivity index (χ0) is 14.0. The summed E-state index contributed by atoms with van der Waals surface area (Å²) in [6.07, 6.45) is 1.48. The molecule has 1 heterocycles. The monoisotopic (exact) mass is 296 g/mol. The van der Waals surface area contributed by atoms with Crippen LogP contribution in [0.25, 0.3) is 0 Å². The molecule has 2 aromatic rings. The number of aromatic hydroxyl groups is 1. The molecule has 2 N–H and O–H groups in total. The van der Waals surface area contributed by atoms with Crippen LogP contribution in [0.5, 0.6) is 5.75 Å². The third kappa shape index (κ3) is 3.16. The Kier molecular flexibility index (Phi) is 3.93.